The molecule has 1 N–H and O–H groups in total. The SMILES string of the molecule is Cc1cc(S(=O)(=O)N2[C@@H]3CC[C@H]2CC(O)C3)c(Cl)cc1F. The molecule has 1 unspecified atom stereocenters. The van der Waals surface area contributed by atoms with Gasteiger partial charge in [-0.15, -0.1) is 0 Å². The third-order valence-corrected chi connectivity index (χ3v) is 6.88. The second-order valence-electron chi connectivity index (χ2n) is 5.88. The van der Waals surface area contributed by atoms with E-state index in [0.29, 0.717) is 12.8 Å². The van der Waals surface area contributed by atoms with E-state index >= 15 is 0 Å². The van der Waals surface area contributed by atoms with Gasteiger partial charge in [0.15, 0.2) is 0 Å². The molecule has 21 heavy (non-hydrogen) atoms. The van der Waals surface area contributed by atoms with Crippen LogP contribution in [0.2, 0.25) is 5.02 Å². The summed E-state index contributed by atoms with van der Waals surface area (Å²) in [6.07, 6.45) is 1.96. The van der Waals surface area contributed by atoms with E-state index < -0.39 is 21.9 Å². The normalized spacial score (nSPS) is 29.8. The quantitative estimate of drug-likeness (QED) is 0.904. The maximum absolute atomic E-state index is 13.5. The Morgan fingerprint density at radius 3 is 2.43 bits per heavy atom. The molecule has 116 valence electrons. The molecule has 0 aromatic heterocycles. The summed E-state index contributed by atoms with van der Waals surface area (Å²) in [5.74, 6) is -0.518. The van der Waals surface area contributed by atoms with Crippen molar-refractivity contribution in [3.63, 3.8) is 0 Å². The molecule has 7 heteroatoms. The van der Waals surface area contributed by atoms with Gasteiger partial charge in [0.1, 0.15) is 10.7 Å². The summed E-state index contributed by atoms with van der Waals surface area (Å²) >= 11 is 5.95. The number of halogens is 2. The Morgan fingerprint density at radius 2 is 1.86 bits per heavy atom. The van der Waals surface area contributed by atoms with Crippen LogP contribution in [0.4, 0.5) is 4.39 Å². The molecule has 4 nitrogen and oxygen atoms in total. The number of rotatable bonds is 2. The molecule has 2 aliphatic rings. The van der Waals surface area contributed by atoms with Crippen LogP contribution < -0.4 is 0 Å². The predicted octanol–water partition coefficient (Wildman–Crippen LogP) is 2.46. The molecule has 2 heterocycles. The van der Waals surface area contributed by atoms with Crippen LogP contribution in [0.25, 0.3) is 0 Å². The number of aliphatic hydroxyl groups is 1. The van der Waals surface area contributed by atoms with E-state index in [1.807, 2.05) is 0 Å². The van der Waals surface area contributed by atoms with Crippen LogP contribution in [0, 0.1) is 12.7 Å². The van der Waals surface area contributed by atoms with Crippen LogP contribution in [-0.2, 0) is 10.0 Å². The van der Waals surface area contributed by atoms with Crippen LogP contribution in [0.3, 0.4) is 0 Å². The molecule has 1 aromatic carbocycles. The number of aryl methyl sites for hydroxylation is 1. The number of benzene rings is 1. The van der Waals surface area contributed by atoms with Gasteiger partial charge in [-0.05, 0) is 50.3 Å². The van der Waals surface area contributed by atoms with Crippen molar-refractivity contribution < 1.29 is 17.9 Å². The molecule has 0 amide bonds. The number of nitrogens with zero attached hydrogens (tertiary/aromatic N) is 1. The Kier molecular flexibility index (Phi) is 3.76. The lowest BCUT2D eigenvalue weighted by Crippen LogP contribution is -2.47. The predicted molar refractivity (Wildman–Crippen MR) is 77.2 cm³/mol. The van der Waals surface area contributed by atoms with E-state index in [4.69, 9.17) is 11.6 Å². The number of fused-ring (bicyclic) bond motifs is 2. The summed E-state index contributed by atoms with van der Waals surface area (Å²) in [5, 5.41) is 9.69. The third kappa shape index (κ3) is 2.48. The summed E-state index contributed by atoms with van der Waals surface area (Å²) in [7, 11) is -3.77. The van der Waals surface area contributed by atoms with E-state index in [1.54, 1.807) is 0 Å². The van der Waals surface area contributed by atoms with Crippen LogP contribution >= 0.6 is 11.6 Å². The van der Waals surface area contributed by atoms with Crippen molar-refractivity contribution in [3.8, 4) is 0 Å². The highest BCUT2D eigenvalue weighted by Gasteiger charge is 2.47. The second kappa shape index (κ2) is 5.19. The van der Waals surface area contributed by atoms with Crippen molar-refractivity contribution in [1.82, 2.24) is 4.31 Å². The molecule has 3 rings (SSSR count). The minimum atomic E-state index is -3.77. The smallest absolute Gasteiger partial charge is 0.245 e. The minimum Gasteiger partial charge on any atom is -0.393 e. The summed E-state index contributed by atoms with van der Waals surface area (Å²) < 4.78 is 40.7. The van der Waals surface area contributed by atoms with Gasteiger partial charge in [0.05, 0.1) is 11.1 Å². The summed E-state index contributed by atoms with van der Waals surface area (Å²) in [6, 6.07) is 1.96. The maximum Gasteiger partial charge on any atom is 0.245 e. The van der Waals surface area contributed by atoms with Gasteiger partial charge in [0, 0.05) is 12.1 Å². The average Bonchev–Trinajstić information content (AvgIpc) is 2.67. The highest BCUT2D eigenvalue weighted by atomic mass is 35.5. The maximum atomic E-state index is 13.5. The Morgan fingerprint density at radius 1 is 1.29 bits per heavy atom. The van der Waals surface area contributed by atoms with Gasteiger partial charge in [-0.25, -0.2) is 12.8 Å². The van der Waals surface area contributed by atoms with Gasteiger partial charge in [-0.3, -0.25) is 0 Å². The lowest BCUT2D eigenvalue weighted by atomic mass is 10.0. The lowest BCUT2D eigenvalue weighted by Gasteiger charge is -2.36. The van der Waals surface area contributed by atoms with Gasteiger partial charge in [-0.1, -0.05) is 11.6 Å². The molecule has 2 aliphatic heterocycles. The molecule has 0 aliphatic carbocycles. The molecular weight excluding hydrogens is 317 g/mol. The Balaban J connectivity index is 2.04. The first-order valence-corrected chi connectivity index (χ1v) is 8.79. The molecule has 3 atom stereocenters. The van der Waals surface area contributed by atoms with Gasteiger partial charge in [0.25, 0.3) is 0 Å². The first-order valence-electron chi connectivity index (χ1n) is 6.98. The molecule has 1 aromatic rings. The standard InChI is InChI=1S/C14H17ClFNO3S/c1-8-4-14(12(15)7-13(8)16)21(19,20)17-9-2-3-10(17)6-11(18)5-9/h4,7,9-11,18H,2-3,5-6H2,1H3/t9-,10+,11?. The molecule has 0 radical (unpaired) electrons. The first kappa shape index (κ1) is 15.2. The second-order valence-corrected chi connectivity index (χ2v) is 8.10. The monoisotopic (exact) mass is 333 g/mol. The Bertz CT molecular complexity index is 665. The largest absolute Gasteiger partial charge is 0.393 e. The van der Waals surface area contributed by atoms with Crippen molar-refractivity contribution >= 4 is 21.6 Å². The zero-order valence-electron chi connectivity index (χ0n) is 11.6. The molecule has 2 fully saturated rings. The average molecular weight is 334 g/mol. The van der Waals surface area contributed by atoms with E-state index in [-0.39, 0.29) is 27.6 Å². The van der Waals surface area contributed by atoms with Crippen LogP contribution in [0.5, 0.6) is 0 Å². The van der Waals surface area contributed by atoms with Gasteiger partial charge < -0.3 is 5.11 Å². The topological polar surface area (TPSA) is 57.6 Å². The number of hydrogen-bond donors (Lipinski definition) is 1. The fourth-order valence-corrected chi connectivity index (χ4v) is 5.91. The lowest BCUT2D eigenvalue weighted by molar-refractivity contribution is 0.0769. The number of piperidine rings is 1. The Labute approximate surface area is 128 Å². The van der Waals surface area contributed by atoms with E-state index in [9.17, 15) is 17.9 Å². The van der Waals surface area contributed by atoms with Crippen molar-refractivity contribution in [1.29, 1.82) is 0 Å². The molecule has 0 saturated carbocycles. The van der Waals surface area contributed by atoms with E-state index in [1.165, 1.54) is 17.3 Å². The van der Waals surface area contributed by atoms with Crippen LogP contribution in [0.1, 0.15) is 31.2 Å². The van der Waals surface area contributed by atoms with E-state index in [2.05, 4.69) is 0 Å². The number of sulfonamides is 1. The molecule has 0 spiro atoms. The van der Waals surface area contributed by atoms with Crippen LogP contribution in [-0.4, -0.2) is 36.0 Å². The number of aliphatic hydroxyl groups excluding tert-OH is 1. The zero-order valence-corrected chi connectivity index (χ0v) is 13.2. The fraction of sp³-hybridized carbons (Fsp3) is 0.571. The molecule has 2 bridgehead atoms. The van der Waals surface area contributed by atoms with E-state index in [0.717, 1.165) is 18.9 Å². The van der Waals surface area contributed by atoms with Crippen LogP contribution in [0.15, 0.2) is 17.0 Å². The van der Waals surface area contributed by atoms with Gasteiger partial charge in [-0.2, -0.15) is 4.31 Å². The Hall–Kier alpha value is -0.690. The van der Waals surface area contributed by atoms with Gasteiger partial charge in [0.2, 0.25) is 10.0 Å². The summed E-state index contributed by atoms with van der Waals surface area (Å²) in [5.41, 5.74) is 0.252. The molecule has 2 saturated heterocycles. The summed E-state index contributed by atoms with van der Waals surface area (Å²) in [6.45, 7) is 1.51. The van der Waals surface area contributed by atoms with Gasteiger partial charge >= 0.3 is 0 Å². The molecular formula is C14H17ClFNO3S. The minimum absolute atomic E-state index is 0.0450. The van der Waals surface area contributed by atoms with Crippen molar-refractivity contribution in [3.05, 3.63) is 28.5 Å². The third-order valence-electron chi connectivity index (χ3n) is 4.41. The zero-order chi connectivity index (χ0) is 15.4. The summed E-state index contributed by atoms with van der Waals surface area (Å²) in [4.78, 5) is -0.0450. The van der Waals surface area contributed by atoms with Crippen molar-refractivity contribution in [2.75, 3.05) is 0 Å². The fourth-order valence-electron chi connectivity index (χ4n) is 3.44. The highest BCUT2D eigenvalue weighted by molar-refractivity contribution is 7.89. The highest BCUT2D eigenvalue weighted by Crippen LogP contribution is 2.41. The number of hydrogen-bond acceptors (Lipinski definition) is 3. The first-order chi connectivity index (χ1) is 9.80. The van der Waals surface area contributed by atoms with Crippen molar-refractivity contribution in [2.45, 2.75) is 55.7 Å². The van der Waals surface area contributed by atoms with Crippen molar-refractivity contribution in [2.24, 2.45) is 0 Å².